The molecule has 3 rings (SSSR count). The summed E-state index contributed by atoms with van der Waals surface area (Å²) >= 11 is 0. The molecule has 1 heteroatoms. The Morgan fingerprint density at radius 1 is 1.30 bits per heavy atom. The summed E-state index contributed by atoms with van der Waals surface area (Å²) in [5, 5.41) is 0. The van der Waals surface area contributed by atoms with Crippen molar-refractivity contribution in [2.24, 2.45) is 11.3 Å². The number of fused-ring (bicyclic) bond motifs is 2. The molecule has 0 N–H and O–H groups in total. The predicted molar refractivity (Wildman–Crippen MR) is 40.8 cm³/mol. The fourth-order valence-corrected chi connectivity index (χ4v) is 2.51. The first-order chi connectivity index (χ1) is 4.62. The number of hydrogen-bond donors (Lipinski definition) is 0. The summed E-state index contributed by atoms with van der Waals surface area (Å²) in [7, 11) is 0. The molecule has 2 saturated heterocycles. The molecule has 2 heterocycles. The van der Waals surface area contributed by atoms with Crippen molar-refractivity contribution in [3.05, 3.63) is 0 Å². The third-order valence-corrected chi connectivity index (χ3v) is 3.28. The van der Waals surface area contributed by atoms with E-state index in [1.165, 1.54) is 12.8 Å². The zero-order valence-corrected chi connectivity index (χ0v) is 7.05. The van der Waals surface area contributed by atoms with Crippen molar-refractivity contribution in [3.63, 3.8) is 0 Å². The molecular weight excluding hydrogens is 124 g/mol. The van der Waals surface area contributed by atoms with Crippen molar-refractivity contribution in [1.29, 1.82) is 0 Å². The lowest BCUT2D eigenvalue weighted by Crippen LogP contribution is -2.62. The van der Waals surface area contributed by atoms with Crippen LogP contribution in [0.3, 0.4) is 0 Å². The van der Waals surface area contributed by atoms with Gasteiger partial charge < -0.3 is 4.74 Å². The van der Waals surface area contributed by atoms with Crippen LogP contribution in [0.25, 0.3) is 0 Å². The number of ether oxygens (including phenoxy) is 1. The highest BCUT2D eigenvalue weighted by Crippen LogP contribution is 2.51. The lowest BCUT2D eigenvalue weighted by molar-refractivity contribution is -0.280. The monoisotopic (exact) mass is 140 g/mol. The van der Waals surface area contributed by atoms with Gasteiger partial charge in [-0.05, 0) is 18.8 Å². The molecule has 1 unspecified atom stereocenters. The van der Waals surface area contributed by atoms with E-state index in [1.807, 2.05) is 0 Å². The zero-order valence-electron chi connectivity index (χ0n) is 7.05. The van der Waals surface area contributed by atoms with Crippen LogP contribution in [0.5, 0.6) is 0 Å². The highest BCUT2D eigenvalue weighted by Gasteiger charge is 2.54. The maximum absolute atomic E-state index is 5.70. The molecule has 3 atom stereocenters. The molecule has 3 fully saturated rings. The standard InChI is InChI=1S/C9H16O/c1-6-4-5-7-9(2,3)8(6)10-7/h6-8H,4-5H2,1-3H3/t6-,7?,8+/m1/s1. The lowest BCUT2D eigenvalue weighted by Gasteiger charge is -2.58. The van der Waals surface area contributed by atoms with Gasteiger partial charge in [-0.25, -0.2) is 0 Å². The van der Waals surface area contributed by atoms with E-state index in [9.17, 15) is 0 Å². The largest absolute Gasteiger partial charge is 0.373 e. The van der Waals surface area contributed by atoms with Crippen LogP contribution < -0.4 is 0 Å². The molecule has 0 spiro atoms. The average molecular weight is 140 g/mol. The fraction of sp³-hybridized carbons (Fsp3) is 1.00. The highest BCUT2D eigenvalue weighted by atomic mass is 16.5. The average Bonchev–Trinajstić information content (AvgIpc) is 1.87. The minimum absolute atomic E-state index is 0.484. The molecule has 1 aliphatic carbocycles. The molecular formula is C9H16O. The summed E-state index contributed by atoms with van der Waals surface area (Å²) in [6.45, 7) is 6.98. The summed E-state index contributed by atoms with van der Waals surface area (Å²) in [5.41, 5.74) is 0.484. The number of rotatable bonds is 0. The summed E-state index contributed by atoms with van der Waals surface area (Å²) in [4.78, 5) is 0. The van der Waals surface area contributed by atoms with Gasteiger partial charge in [0.05, 0.1) is 12.2 Å². The summed E-state index contributed by atoms with van der Waals surface area (Å²) in [5.74, 6) is 0.792. The van der Waals surface area contributed by atoms with Crippen LogP contribution in [-0.2, 0) is 4.74 Å². The first-order valence-corrected chi connectivity index (χ1v) is 4.28. The van der Waals surface area contributed by atoms with Crippen LogP contribution in [0.1, 0.15) is 33.6 Å². The van der Waals surface area contributed by atoms with Gasteiger partial charge in [-0.1, -0.05) is 20.8 Å². The Hall–Kier alpha value is -0.0400. The van der Waals surface area contributed by atoms with Crippen LogP contribution in [-0.4, -0.2) is 12.2 Å². The van der Waals surface area contributed by atoms with Crippen LogP contribution in [0, 0.1) is 11.3 Å². The van der Waals surface area contributed by atoms with Crippen molar-refractivity contribution in [2.45, 2.75) is 45.8 Å². The third kappa shape index (κ3) is 0.619. The SMILES string of the molecule is C[C@@H]1CCC2O[C@@H]1C2(C)C. The van der Waals surface area contributed by atoms with Crippen LogP contribution in [0.4, 0.5) is 0 Å². The maximum atomic E-state index is 5.70. The quantitative estimate of drug-likeness (QED) is 0.501. The molecule has 3 aliphatic rings. The Bertz CT molecular complexity index is 149. The molecule has 1 nitrogen and oxygen atoms in total. The molecule has 2 bridgehead atoms. The lowest BCUT2D eigenvalue weighted by atomic mass is 9.63. The van der Waals surface area contributed by atoms with Gasteiger partial charge in [-0.2, -0.15) is 0 Å². The first-order valence-electron chi connectivity index (χ1n) is 4.28. The zero-order chi connectivity index (χ0) is 7.35. The van der Waals surface area contributed by atoms with Crippen molar-refractivity contribution < 1.29 is 4.74 Å². The summed E-state index contributed by atoms with van der Waals surface area (Å²) < 4.78 is 5.70. The molecule has 10 heavy (non-hydrogen) atoms. The molecule has 0 radical (unpaired) electrons. The van der Waals surface area contributed by atoms with E-state index < -0.39 is 0 Å². The maximum Gasteiger partial charge on any atom is 0.0680 e. The van der Waals surface area contributed by atoms with Gasteiger partial charge in [-0.3, -0.25) is 0 Å². The van der Waals surface area contributed by atoms with Crippen LogP contribution >= 0.6 is 0 Å². The van der Waals surface area contributed by atoms with Gasteiger partial charge in [-0.15, -0.1) is 0 Å². The molecule has 1 saturated carbocycles. The Kier molecular flexibility index (Phi) is 1.17. The van der Waals surface area contributed by atoms with Crippen molar-refractivity contribution in [3.8, 4) is 0 Å². The van der Waals surface area contributed by atoms with E-state index in [4.69, 9.17) is 4.74 Å². The Morgan fingerprint density at radius 2 is 2.00 bits per heavy atom. The van der Waals surface area contributed by atoms with Gasteiger partial charge in [0.25, 0.3) is 0 Å². The van der Waals surface area contributed by atoms with E-state index >= 15 is 0 Å². The van der Waals surface area contributed by atoms with Gasteiger partial charge in [0.15, 0.2) is 0 Å². The molecule has 0 aromatic carbocycles. The van der Waals surface area contributed by atoms with E-state index in [1.54, 1.807) is 0 Å². The van der Waals surface area contributed by atoms with Gasteiger partial charge >= 0.3 is 0 Å². The summed E-state index contributed by atoms with van der Waals surface area (Å²) in [6, 6.07) is 0. The first kappa shape index (κ1) is 6.66. The highest BCUT2D eigenvalue weighted by molar-refractivity contribution is 5.02. The molecule has 58 valence electrons. The van der Waals surface area contributed by atoms with Crippen molar-refractivity contribution in [1.82, 2.24) is 0 Å². The minimum Gasteiger partial charge on any atom is -0.373 e. The smallest absolute Gasteiger partial charge is 0.0680 e. The normalized spacial score (nSPS) is 50.1. The second-order valence-electron chi connectivity index (χ2n) is 4.42. The molecule has 0 aromatic rings. The Morgan fingerprint density at radius 3 is 2.30 bits per heavy atom. The predicted octanol–water partition coefficient (Wildman–Crippen LogP) is 2.21. The topological polar surface area (TPSA) is 9.23 Å². The van der Waals surface area contributed by atoms with Gasteiger partial charge in [0, 0.05) is 5.41 Å². The Labute approximate surface area is 62.8 Å². The summed E-state index contributed by atoms with van der Waals surface area (Å²) in [6.07, 6.45) is 3.80. The third-order valence-electron chi connectivity index (χ3n) is 3.28. The molecule has 0 aromatic heterocycles. The van der Waals surface area contributed by atoms with Crippen molar-refractivity contribution >= 4 is 0 Å². The Balaban J connectivity index is 2.16. The van der Waals surface area contributed by atoms with E-state index in [0.29, 0.717) is 17.6 Å². The minimum atomic E-state index is 0.484. The van der Waals surface area contributed by atoms with E-state index in [-0.39, 0.29) is 0 Å². The van der Waals surface area contributed by atoms with Gasteiger partial charge in [0.2, 0.25) is 0 Å². The van der Waals surface area contributed by atoms with E-state index in [2.05, 4.69) is 20.8 Å². The molecule has 0 amide bonds. The van der Waals surface area contributed by atoms with Crippen LogP contribution in [0.15, 0.2) is 0 Å². The van der Waals surface area contributed by atoms with Crippen LogP contribution in [0.2, 0.25) is 0 Å². The fourth-order valence-electron chi connectivity index (χ4n) is 2.51. The molecule has 2 aliphatic heterocycles. The van der Waals surface area contributed by atoms with E-state index in [0.717, 1.165) is 5.92 Å². The second kappa shape index (κ2) is 1.76. The number of hydrogen-bond acceptors (Lipinski definition) is 1. The van der Waals surface area contributed by atoms with Crippen molar-refractivity contribution in [2.75, 3.05) is 0 Å². The second-order valence-corrected chi connectivity index (χ2v) is 4.42. The van der Waals surface area contributed by atoms with Gasteiger partial charge in [0.1, 0.15) is 0 Å².